The van der Waals surface area contributed by atoms with Gasteiger partial charge in [-0.2, -0.15) is 0 Å². The molecule has 0 aliphatic rings. The number of phenols is 2. The third-order valence-corrected chi connectivity index (χ3v) is 4.70. The molecule has 5 heteroatoms. The van der Waals surface area contributed by atoms with E-state index in [1.54, 1.807) is 23.9 Å². The Labute approximate surface area is 137 Å². The Hall–Kier alpha value is -2.40. The molecule has 3 aromatic rings. The highest BCUT2D eigenvalue weighted by atomic mass is 32.2. The fourth-order valence-corrected chi connectivity index (χ4v) is 3.30. The van der Waals surface area contributed by atoms with E-state index in [1.807, 2.05) is 25.1 Å². The molecule has 3 rings (SSSR count). The molecule has 0 amide bonds. The first-order valence-electron chi connectivity index (χ1n) is 7.27. The quantitative estimate of drug-likeness (QED) is 0.558. The Morgan fingerprint density at radius 3 is 2.48 bits per heavy atom. The lowest BCUT2D eigenvalue weighted by Crippen LogP contribution is -2.00. The molecular formula is C18H16O4S. The van der Waals surface area contributed by atoms with Gasteiger partial charge in [0.15, 0.2) is 0 Å². The Morgan fingerprint density at radius 2 is 1.78 bits per heavy atom. The van der Waals surface area contributed by atoms with Gasteiger partial charge in [0, 0.05) is 28.2 Å². The van der Waals surface area contributed by atoms with Crippen molar-refractivity contribution in [3.8, 4) is 11.5 Å². The Kier molecular flexibility index (Phi) is 4.30. The molecule has 118 valence electrons. The minimum Gasteiger partial charge on any atom is -0.508 e. The lowest BCUT2D eigenvalue weighted by molar-refractivity contribution is 0.466. The molecule has 0 aliphatic heterocycles. The van der Waals surface area contributed by atoms with Gasteiger partial charge in [-0.05, 0) is 47.9 Å². The molecule has 23 heavy (non-hydrogen) atoms. The lowest BCUT2D eigenvalue weighted by atomic mass is 10.1. The van der Waals surface area contributed by atoms with Gasteiger partial charge >= 0.3 is 5.63 Å². The number of phenolic OH excluding ortho intramolecular Hbond substituents is 2. The molecule has 0 aliphatic carbocycles. The summed E-state index contributed by atoms with van der Waals surface area (Å²) in [6.45, 7) is 1.96. The van der Waals surface area contributed by atoms with Gasteiger partial charge in [0.2, 0.25) is 0 Å². The zero-order valence-corrected chi connectivity index (χ0v) is 13.4. The molecule has 1 heterocycles. The van der Waals surface area contributed by atoms with Crippen LogP contribution in [0.3, 0.4) is 0 Å². The van der Waals surface area contributed by atoms with Crippen LogP contribution in [0, 0.1) is 0 Å². The minimum absolute atomic E-state index is 0.145. The van der Waals surface area contributed by atoms with Crippen LogP contribution in [0.1, 0.15) is 18.1 Å². The molecular weight excluding hydrogens is 312 g/mol. The van der Waals surface area contributed by atoms with Gasteiger partial charge in [-0.1, -0.05) is 6.92 Å². The summed E-state index contributed by atoms with van der Waals surface area (Å²) in [5, 5.41) is 20.1. The van der Waals surface area contributed by atoms with Crippen LogP contribution in [0.15, 0.2) is 56.6 Å². The van der Waals surface area contributed by atoms with E-state index in [0.29, 0.717) is 17.8 Å². The third-order valence-electron chi connectivity index (χ3n) is 3.64. The third kappa shape index (κ3) is 3.35. The smallest absolute Gasteiger partial charge is 0.336 e. The number of rotatable bonds is 4. The molecule has 1 aromatic heterocycles. The number of benzene rings is 2. The summed E-state index contributed by atoms with van der Waals surface area (Å²) in [5.41, 5.74) is 1.65. The zero-order valence-electron chi connectivity index (χ0n) is 12.6. The number of thioether (sulfide) groups is 1. The van der Waals surface area contributed by atoms with Crippen LogP contribution in [-0.2, 0) is 12.2 Å². The van der Waals surface area contributed by atoms with E-state index < -0.39 is 5.63 Å². The predicted octanol–water partition coefficient (Wildman–Crippen LogP) is 4.06. The molecule has 0 unspecified atom stereocenters. The first-order valence-corrected chi connectivity index (χ1v) is 8.26. The van der Waals surface area contributed by atoms with E-state index in [-0.39, 0.29) is 11.5 Å². The van der Waals surface area contributed by atoms with Crippen molar-refractivity contribution in [1.82, 2.24) is 0 Å². The predicted molar refractivity (Wildman–Crippen MR) is 91.2 cm³/mol. The van der Waals surface area contributed by atoms with Crippen LogP contribution in [0.2, 0.25) is 0 Å². The van der Waals surface area contributed by atoms with Crippen molar-refractivity contribution in [1.29, 1.82) is 0 Å². The summed E-state index contributed by atoms with van der Waals surface area (Å²) in [6.07, 6.45) is 0.700. The van der Waals surface area contributed by atoms with Gasteiger partial charge in [0.25, 0.3) is 0 Å². The average Bonchev–Trinajstić information content (AvgIpc) is 2.53. The van der Waals surface area contributed by atoms with Crippen molar-refractivity contribution in [3.63, 3.8) is 0 Å². The van der Waals surface area contributed by atoms with Crippen molar-refractivity contribution < 1.29 is 14.6 Å². The highest BCUT2D eigenvalue weighted by Gasteiger charge is 2.10. The molecule has 0 bridgehead atoms. The van der Waals surface area contributed by atoms with Crippen LogP contribution in [-0.4, -0.2) is 10.2 Å². The lowest BCUT2D eigenvalue weighted by Gasteiger charge is -2.08. The van der Waals surface area contributed by atoms with E-state index in [2.05, 4.69) is 0 Å². The zero-order chi connectivity index (χ0) is 16.4. The van der Waals surface area contributed by atoms with E-state index in [9.17, 15) is 15.0 Å². The van der Waals surface area contributed by atoms with E-state index >= 15 is 0 Å². The molecule has 0 spiro atoms. The normalized spacial score (nSPS) is 11.0. The standard InChI is InChI=1S/C18H16O4S/c1-2-11-7-15-12(8-18(21)22-17(15)9-16(11)20)10-23-14-5-3-13(19)4-6-14/h3-9,19-20H,2,10H2,1H3. The molecule has 0 radical (unpaired) electrons. The highest BCUT2D eigenvalue weighted by molar-refractivity contribution is 7.98. The topological polar surface area (TPSA) is 70.7 Å². The Morgan fingerprint density at radius 1 is 1.04 bits per heavy atom. The summed E-state index contributed by atoms with van der Waals surface area (Å²) >= 11 is 1.57. The summed E-state index contributed by atoms with van der Waals surface area (Å²) in [7, 11) is 0. The number of aromatic hydroxyl groups is 2. The first-order chi connectivity index (χ1) is 11.1. The van der Waals surface area contributed by atoms with Crippen LogP contribution in [0.25, 0.3) is 11.0 Å². The number of hydrogen-bond acceptors (Lipinski definition) is 5. The monoisotopic (exact) mass is 328 g/mol. The van der Waals surface area contributed by atoms with Crippen molar-refractivity contribution in [2.75, 3.05) is 0 Å². The van der Waals surface area contributed by atoms with Crippen molar-refractivity contribution in [3.05, 3.63) is 64.0 Å². The van der Waals surface area contributed by atoms with Gasteiger partial charge in [-0.25, -0.2) is 4.79 Å². The Bertz CT molecular complexity index is 897. The van der Waals surface area contributed by atoms with Crippen LogP contribution in [0.5, 0.6) is 11.5 Å². The fraction of sp³-hybridized carbons (Fsp3) is 0.167. The molecule has 2 N–H and O–H groups in total. The minimum atomic E-state index is -0.428. The first kappa shape index (κ1) is 15.5. The van der Waals surface area contributed by atoms with Crippen molar-refractivity contribution >= 4 is 22.7 Å². The SMILES string of the molecule is CCc1cc2c(CSc3ccc(O)cc3)cc(=O)oc2cc1O. The summed E-state index contributed by atoms with van der Waals surface area (Å²) in [5.74, 6) is 0.968. The highest BCUT2D eigenvalue weighted by Crippen LogP contribution is 2.31. The molecule has 0 fully saturated rings. The summed E-state index contributed by atoms with van der Waals surface area (Å²) in [6, 6.07) is 11.8. The maximum absolute atomic E-state index is 11.7. The fourth-order valence-electron chi connectivity index (χ4n) is 2.41. The van der Waals surface area contributed by atoms with E-state index in [4.69, 9.17) is 4.42 Å². The molecule has 0 saturated heterocycles. The average molecular weight is 328 g/mol. The number of fused-ring (bicyclic) bond motifs is 1. The summed E-state index contributed by atoms with van der Waals surface area (Å²) < 4.78 is 5.19. The molecule has 2 aromatic carbocycles. The van der Waals surface area contributed by atoms with Gasteiger partial charge in [0.05, 0.1) is 0 Å². The van der Waals surface area contributed by atoms with Gasteiger partial charge in [-0.3, -0.25) is 0 Å². The Balaban J connectivity index is 1.98. The molecule has 0 saturated carbocycles. The molecule has 0 atom stereocenters. The maximum Gasteiger partial charge on any atom is 0.336 e. The second-order valence-electron chi connectivity index (χ2n) is 5.20. The van der Waals surface area contributed by atoms with Gasteiger partial charge in [-0.15, -0.1) is 11.8 Å². The van der Waals surface area contributed by atoms with Gasteiger partial charge < -0.3 is 14.6 Å². The maximum atomic E-state index is 11.7. The number of hydrogen-bond donors (Lipinski definition) is 2. The number of aryl methyl sites for hydroxylation is 1. The van der Waals surface area contributed by atoms with Crippen LogP contribution >= 0.6 is 11.8 Å². The van der Waals surface area contributed by atoms with E-state index in [1.165, 1.54) is 12.1 Å². The van der Waals surface area contributed by atoms with Crippen molar-refractivity contribution in [2.24, 2.45) is 0 Å². The van der Waals surface area contributed by atoms with Gasteiger partial charge in [0.1, 0.15) is 17.1 Å². The van der Waals surface area contributed by atoms with E-state index in [0.717, 1.165) is 21.4 Å². The molecule has 4 nitrogen and oxygen atoms in total. The second-order valence-corrected chi connectivity index (χ2v) is 6.25. The van der Waals surface area contributed by atoms with Crippen LogP contribution in [0.4, 0.5) is 0 Å². The van der Waals surface area contributed by atoms with Crippen LogP contribution < -0.4 is 5.63 Å². The van der Waals surface area contributed by atoms with Crippen molar-refractivity contribution in [2.45, 2.75) is 24.0 Å². The largest absolute Gasteiger partial charge is 0.508 e. The summed E-state index contributed by atoms with van der Waals surface area (Å²) in [4.78, 5) is 12.7. The second kappa shape index (κ2) is 6.38.